The Balaban J connectivity index is 1.86. The van der Waals surface area contributed by atoms with E-state index in [0.717, 1.165) is 21.1 Å². The molecule has 154 valence electrons. The molecule has 1 aromatic heterocycles. The van der Waals surface area contributed by atoms with Gasteiger partial charge in [-0.3, -0.25) is 4.79 Å². The van der Waals surface area contributed by atoms with Gasteiger partial charge in [-0.2, -0.15) is 0 Å². The lowest BCUT2D eigenvalue weighted by Gasteiger charge is -2.14. The van der Waals surface area contributed by atoms with Crippen molar-refractivity contribution in [1.82, 2.24) is 4.57 Å². The second kappa shape index (κ2) is 9.35. The highest BCUT2D eigenvalue weighted by Gasteiger charge is 2.13. The fourth-order valence-electron chi connectivity index (χ4n) is 3.28. The van der Waals surface area contributed by atoms with Crippen LogP contribution < -0.4 is 9.47 Å². The number of benzene rings is 2. The minimum atomic E-state index is -0.276. The van der Waals surface area contributed by atoms with Crippen LogP contribution in [0.15, 0.2) is 47.1 Å². The zero-order chi connectivity index (χ0) is 21.0. The van der Waals surface area contributed by atoms with Gasteiger partial charge in [0.15, 0.2) is 0 Å². The number of ether oxygens (including phenoxy) is 3. The van der Waals surface area contributed by atoms with Crippen LogP contribution in [0, 0.1) is 0 Å². The minimum Gasteiger partial charge on any atom is -0.497 e. The van der Waals surface area contributed by atoms with Crippen molar-refractivity contribution in [2.24, 2.45) is 0 Å². The lowest BCUT2D eigenvalue weighted by Crippen LogP contribution is -2.09. The van der Waals surface area contributed by atoms with Crippen molar-refractivity contribution in [1.29, 1.82) is 0 Å². The SMILES string of the molecule is CCOC(=O)Cc1ccc(OC)cc1OCc1cc(Br)c2ccn(C(C)C)c2c1. The van der Waals surface area contributed by atoms with Gasteiger partial charge in [-0.05, 0) is 50.6 Å². The van der Waals surface area contributed by atoms with Gasteiger partial charge in [0.1, 0.15) is 18.1 Å². The summed E-state index contributed by atoms with van der Waals surface area (Å²) in [5.74, 6) is 1.02. The van der Waals surface area contributed by atoms with E-state index in [2.05, 4.69) is 58.7 Å². The minimum absolute atomic E-state index is 0.159. The maximum absolute atomic E-state index is 11.9. The first kappa shape index (κ1) is 21.2. The van der Waals surface area contributed by atoms with Crippen molar-refractivity contribution in [3.63, 3.8) is 0 Å². The Morgan fingerprint density at radius 3 is 2.66 bits per heavy atom. The van der Waals surface area contributed by atoms with E-state index in [9.17, 15) is 4.79 Å². The Kier molecular flexibility index (Phi) is 6.85. The predicted octanol–water partition coefficient (Wildman–Crippen LogP) is 5.68. The van der Waals surface area contributed by atoms with Crippen LogP contribution in [0.3, 0.4) is 0 Å². The monoisotopic (exact) mass is 459 g/mol. The molecule has 0 atom stereocenters. The van der Waals surface area contributed by atoms with Gasteiger partial charge >= 0.3 is 5.97 Å². The van der Waals surface area contributed by atoms with Crippen LogP contribution in [0.2, 0.25) is 0 Å². The molecule has 3 rings (SSSR count). The fraction of sp³-hybridized carbons (Fsp3) is 0.348. The van der Waals surface area contributed by atoms with E-state index in [0.29, 0.717) is 30.8 Å². The van der Waals surface area contributed by atoms with Crippen molar-refractivity contribution in [2.45, 2.75) is 39.8 Å². The normalized spacial score (nSPS) is 11.1. The average Bonchev–Trinajstić information content (AvgIpc) is 3.12. The molecule has 6 heteroatoms. The van der Waals surface area contributed by atoms with Crippen LogP contribution in [0.1, 0.15) is 37.9 Å². The zero-order valence-electron chi connectivity index (χ0n) is 17.2. The Morgan fingerprint density at radius 1 is 1.17 bits per heavy atom. The van der Waals surface area contributed by atoms with E-state index < -0.39 is 0 Å². The van der Waals surface area contributed by atoms with Gasteiger partial charge in [0.25, 0.3) is 0 Å². The van der Waals surface area contributed by atoms with Crippen LogP contribution >= 0.6 is 15.9 Å². The van der Waals surface area contributed by atoms with Gasteiger partial charge in [-0.1, -0.05) is 22.0 Å². The number of carbonyl (C=O) groups is 1. The molecule has 0 amide bonds. The number of methoxy groups -OCH3 is 1. The predicted molar refractivity (Wildman–Crippen MR) is 118 cm³/mol. The van der Waals surface area contributed by atoms with Crippen molar-refractivity contribution < 1.29 is 19.0 Å². The molecule has 0 fully saturated rings. The highest BCUT2D eigenvalue weighted by atomic mass is 79.9. The first-order valence-corrected chi connectivity index (χ1v) is 10.5. The number of hydrogen-bond acceptors (Lipinski definition) is 4. The number of halogens is 1. The lowest BCUT2D eigenvalue weighted by atomic mass is 10.1. The molecule has 0 bridgehead atoms. The number of fused-ring (bicyclic) bond motifs is 1. The number of rotatable bonds is 8. The number of esters is 1. The van der Waals surface area contributed by atoms with E-state index in [1.165, 1.54) is 5.39 Å². The first-order valence-electron chi connectivity index (χ1n) is 9.67. The summed E-state index contributed by atoms with van der Waals surface area (Å²) in [4.78, 5) is 11.9. The van der Waals surface area contributed by atoms with Crippen molar-refractivity contribution in [3.05, 3.63) is 58.2 Å². The summed E-state index contributed by atoms with van der Waals surface area (Å²) in [6.45, 7) is 6.85. The summed E-state index contributed by atoms with van der Waals surface area (Å²) in [6.07, 6.45) is 2.26. The molecule has 3 aromatic rings. The third kappa shape index (κ3) is 4.93. The topological polar surface area (TPSA) is 49.7 Å². The van der Waals surface area contributed by atoms with Crippen LogP contribution in [-0.2, 0) is 22.6 Å². The summed E-state index contributed by atoms with van der Waals surface area (Å²) < 4.78 is 19.8. The molecule has 1 heterocycles. The Morgan fingerprint density at radius 2 is 1.97 bits per heavy atom. The van der Waals surface area contributed by atoms with Gasteiger partial charge in [0, 0.05) is 39.2 Å². The van der Waals surface area contributed by atoms with Crippen LogP contribution in [0.25, 0.3) is 10.9 Å². The van der Waals surface area contributed by atoms with Gasteiger partial charge in [-0.25, -0.2) is 0 Å². The van der Waals surface area contributed by atoms with Crippen LogP contribution in [0.5, 0.6) is 11.5 Å². The summed E-state index contributed by atoms with van der Waals surface area (Å²) in [7, 11) is 1.61. The molecule has 0 aliphatic carbocycles. The van der Waals surface area contributed by atoms with E-state index in [1.54, 1.807) is 20.1 Å². The summed E-state index contributed by atoms with van der Waals surface area (Å²) in [5.41, 5.74) is 2.97. The second-order valence-corrected chi connectivity index (χ2v) is 7.93. The van der Waals surface area contributed by atoms with Gasteiger partial charge in [0.05, 0.1) is 20.1 Å². The number of aromatic nitrogens is 1. The molecule has 2 aromatic carbocycles. The van der Waals surface area contributed by atoms with E-state index in [1.807, 2.05) is 12.1 Å². The molecular weight excluding hydrogens is 434 g/mol. The smallest absolute Gasteiger partial charge is 0.310 e. The fourth-order valence-corrected chi connectivity index (χ4v) is 3.91. The molecule has 0 unspecified atom stereocenters. The molecule has 0 spiro atoms. The van der Waals surface area contributed by atoms with Gasteiger partial charge < -0.3 is 18.8 Å². The van der Waals surface area contributed by atoms with E-state index >= 15 is 0 Å². The standard InChI is InChI=1S/C23H26BrNO4/c1-5-28-23(26)12-17-6-7-18(27-4)13-22(17)29-14-16-10-20(24)19-8-9-25(15(2)3)21(19)11-16/h6-11,13,15H,5,12,14H2,1-4H3. The maximum Gasteiger partial charge on any atom is 0.310 e. The molecule has 0 radical (unpaired) electrons. The van der Waals surface area contributed by atoms with Crippen molar-refractivity contribution >= 4 is 32.8 Å². The van der Waals surface area contributed by atoms with E-state index in [4.69, 9.17) is 14.2 Å². The average molecular weight is 460 g/mol. The quantitative estimate of drug-likeness (QED) is 0.406. The Hall–Kier alpha value is -2.47. The number of carbonyl (C=O) groups excluding carboxylic acids is 1. The number of nitrogens with zero attached hydrogens (tertiary/aromatic N) is 1. The summed E-state index contributed by atoms with van der Waals surface area (Å²) in [5, 5.41) is 1.17. The molecule has 29 heavy (non-hydrogen) atoms. The molecule has 0 N–H and O–H groups in total. The second-order valence-electron chi connectivity index (χ2n) is 7.07. The Bertz CT molecular complexity index is 1010. The molecule has 0 saturated heterocycles. The molecule has 0 aliphatic heterocycles. The Labute approximate surface area is 179 Å². The molecule has 0 saturated carbocycles. The molecule has 5 nitrogen and oxygen atoms in total. The third-order valence-electron chi connectivity index (χ3n) is 4.71. The largest absolute Gasteiger partial charge is 0.497 e. The van der Waals surface area contributed by atoms with Crippen molar-refractivity contribution in [3.8, 4) is 11.5 Å². The lowest BCUT2D eigenvalue weighted by molar-refractivity contribution is -0.142. The van der Waals surface area contributed by atoms with Gasteiger partial charge in [-0.15, -0.1) is 0 Å². The maximum atomic E-state index is 11.9. The van der Waals surface area contributed by atoms with Crippen molar-refractivity contribution in [2.75, 3.05) is 13.7 Å². The zero-order valence-corrected chi connectivity index (χ0v) is 18.8. The number of hydrogen-bond donors (Lipinski definition) is 0. The van der Waals surface area contributed by atoms with E-state index in [-0.39, 0.29) is 12.4 Å². The highest BCUT2D eigenvalue weighted by Crippen LogP contribution is 2.31. The molecular formula is C23H26BrNO4. The molecule has 0 aliphatic rings. The first-order chi connectivity index (χ1) is 13.9. The van der Waals surface area contributed by atoms with Gasteiger partial charge in [0.2, 0.25) is 0 Å². The summed E-state index contributed by atoms with van der Waals surface area (Å²) in [6, 6.07) is 12.2. The summed E-state index contributed by atoms with van der Waals surface area (Å²) >= 11 is 3.67. The third-order valence-corrected chi connectivity index (χ3v) is 5.37. The highest BCUT2D eigenvalue weighted by molar-refractivity contribution is 9.10. The van der Waals surface area contributed by atoms with Crippen LogP contribution in [0.4, 0.5) is 0 Å². The van der Waals surface area contributed by atoms with Crippen LogP contribution in [-0.4, -0.2) is 24.3 Å².